The number of nitrogens with zero attached hydrogens (tertiary/aromatic N) is 1. The second kappa shape index (κ2) is 7.14. The summed E-state index contributed by atoms with van der Waals surface area (Å²) in [6, 6.07) is 5.56. The zero-order valence-electron chi connectivity index (χ0n) is 11.8. The Morgan fingerprint density at radius 2 is 2.00 bits per heavy atom. The highest BCUT2D eigenvalue weighted by Crippen LogP contribution is 2.23. The molecular weight excluding hydrogens is 228 g/mol. The van der Waals surface area contributed by atoms with Gasteiger partial charge in [0.15, 0.2) is 0 Å². The molecule has 0 saturated heterocycles. The first kappa shape index (κ1) is 14.7. The lowest BCUT2D eigenvalue weighted by Gasteiger charge is -2.20. The van der Waals surface area contributed by atoms with Gasteiger partial charge < -0.3 is 10.2 Å². The SMILES string of the molecule is CCc1ccc(C(C)NC(C)CCN(C)C)s1. The van der Waals surface area contributed by atoms with Crippen LogP contribution in [-0.4, -0.2) is 31.6 Å². The van der Waals surface area contributed by atoms with E-state index >= 15 is 0 Å². The van der Waals surface area contributed by atoms with Crippen LogP contribution in [0.5, 0.6) is 0 Å². The van der Waals surface area contributed by atoms with Crippen molar-refractivity contribution in [3.05, 3.63) is 21.9 Å². The van der Waals surface area contributed by atoms with Crippen LogP contribution in [0.15, 0.2) is 12.1 Å². The van der Waals surface area contributed by atoms with E-state index < -0.39 is 0 Å². The van der Waals surface area contributed by atoms with E-state index in [1.54, 1.807) is 0 Å². The molecule has 0 aliphatic carbocycles. The van der Waals surface area contributed by atoms with Gasteiger partial charge in [-0.2, -0.15) is 0 Å². The van der Waals surface area contributed by atoms with E-state index in [0.717, 1.165) is 13.0 Å². The Kier molecular flexibility index (Phi) is 6.17. The molecule has 0 saturated carbocycles. The third-order valence-electron chi connectivity index (χ3n) is 3.00. The molecule has 3 heteroatoms. The maximum atomic E-state index is 3.67. The van der Waals surface area contributed by atoms with Crippen LogP contribution in [-0.2, 0) is 6.42 Å². The van der Waals surface area contributed by atoms with Crippen LogP contribution in [0, 0.1) is 0 Å². The maximum Gasteiger partial charge on any atom is 0.0388 e. The van der Waals surface area contributed by atoms with Crippen molar-refractivity contribution in [3.63, 3.8) is 0 Å². The monoisotopic (exact) mass is 254 g/mol. The largest absolute Gasteiger partial charge is 0.309 e. The molecule has 0 spiro atoms. The summed E-state index contributed by atoms with van der Waals surface area (Å²) in [5.74, 6) is 0. The molecule has 0 aliphatic rings. The topological polar surface area (TPSA) is 15.3 Å². The van der Waals surface area contributed by atoms with Crippen molar-refractivity contribution < 1.29 is 0 Å². The predicted molar refractivity (Wildman–Crippen MR) is 77.9 cm³/mol. The van der Waals surface area contributed by atoms with E-state index in [4.69, 9.17) is 0 Å². The van der Waals surface area contributed by atoms with Crippen LogP contribution in [0.4, 0.5) is 0 Å². The van der Waals surface area contributed by atoms with Crippen LogP contribution in [0.25, 0.3) is 0 Å². The summed E-state index contributed by atoms with van der Waals surface area (Å²) in [6.45, 7) is 7.89. The van der Waals surface area contributed by atoms with Gasteiger partial charge >= 0.3 is 0 Å². The summed E-state index contributed by atoms with van der Waals surface area (Å²) < 4.78 is 0. The van der Waals surface area contributed by atoms with E-state index in [-0.39, 0.29) is 0 Å². The van der Waals surface area contributed by atoms with Gasteiger partial charge in [0.05, 0.1) is 0 Å². The molecule has 2 nitrogen and oxygen atoms in total. The average molecular weight is 254 g/mol. The van der Waals surface area contributed by atoms with Gasteiger partial charge in [0.2, 0.25) is 0 Å². The van der Waals surface area contributed by atoms with Crippen LogP contribution in [0.1, 0.15) is 43.0 Å². The molecule has 17 heavy (non-hydrogen) atoms. The summed E-state index contributed by atoms with van der Waals surface area (Å²) in [6.07, 6.45) is 2.34. The molecule has 1 aromatic rings. The Balaban J connectivity index is 2.39. The molecule has 2 unspecified atom stereocenters. The molecule has 98 valence electrons. The van der Waals surface area contributed by atoms with Crippen LogP contribution < -0.4 is 5.32 Å². The minimum Gasteiger partial charge on any atom is -0.309 e. The molecule has 1 aromatic heterocycles. The smallest absolute Gasteiger partial charge is 0.0388 e. The summed E-state index contributed by atoms with van der Waals surface area (Å²) >= 11 is 1.93. The van der Waals surface area contributed by atoms with Crippen molar-refractivity contribution in [1.82, 2.24) is 10.2 Å². The third-order valence-corrected chi connectivity index (χ3v) is 4.41. The lowest BCUT2D eigenvalue weighted by atomic mass is 10.2. The zero-order chi connectivity index (χ0) is 12.8. The Morgan fingerprint density at radius 1 is 1.29 bits per heavy atom. The normalized spacial score (nSPS) is 15.2. The Hall–Kier alpha value is -0.380. The van der Waals surface area contributed by atoms with Gasteiger partial charge in [-0.05, 0) is 59.5 Å². The van der Waals surface area contributed by atoms with Gasteiger partial charge in [0, 0.05) is 21.8 Å². The molecule has 0 fully saturated rings. The fourth-order valence-electron chi connectivity index (χ4n) is 1.86. The first-order valence-corrected chi connectivity index (χ1v) is 7.34. The van der Waals surface area contributed by atoms with Crippen molar-refractivity contribution in [1.29, 1.82) is 0 Å². The van der Waals surface area contributed by atoms with E-state index in [0.29, 0.717) is 12.1 Å². The molecule has 1 heterocycles. The molecule has 0 bridgehead atoms. The van der Waals surface area contributed by atoms with Crippen LogP contribution in [0.2, 0.25) is 0 Å². The highest BCUT2D eigenvalue weighted by atomic mass is 32.1. The molecule has 2 atom stereocenters. The van der Waals surface area contributed by atoms with Crippen molar-refractivity contribution in [2.45, 2.75) is 45.7 Å². The number of nitrogens with one attached hydrogen (secondary N) is 1. The lowest BCUT2D eigenvalue weighted by Crippen LogP contribution is -2.31. The number of rotatable bonds is 7. The highest BCUT2D eigenvalue weighted by Gasteiger charge is 2.11. The number of aryl methyl sites for hydroxylation is 1. The fourth-order valence-corrected chi connectivity index (χ4v) is 2.83. The van der Waals surface area contributed by atoms with Gasteiger partial charge in [0.25, 0.3) is 0 Å². The lowest BCUT2D eigenvalue weighted by molar-refractivity contribution is 0.355. The first-order valence-electron chi connectivity index (χ1n) is 6.52. The molecule has 0 amide bonds. The molecule has 1 N–H and O–H groups in total. The van der Waals surface area contributed by atoms with E-state index in [1.807, 2.05) is 11.3 Å². The van der Waals surface area contributed by atoms with E-state index in [1.165, 1.54) is 16.2 Å². The summed E-state index contributed by atoms with van der Waals surface area (Å²) in [4.78, 5) is 5.18. The highest BCUT2D eigenvalue weighted by molar-refractivity contribution is 7.12. The van der Waals surface area contributed by atoms with E-state index in [9.17, 15) is 0 Å². The van der Waals surface area contributed by atoms with E-state index in [2.05, 4.69) is 57.2 Å². The fraction of sp³-hybridized carbons (Fsp3) is 0.714. The van der Waals surface area contributed by atoms with Gasteiger partial charge in [-0.15, -0.1) is 11.3 Å². The molecule has 0 radical (unpaired) electrons. The van der Waals surface area contributed by atoms with Crippen molar-refractivity contribution in [3.8, 4) is 0 Å². The van der Waals surface area contributed by atoms with Gasteiger partial charge in [-0.3, -0.25) is 0 Å². The number of hydrogen-bond acceptors (Lipinski definition) is 3. The average Bonchev–Trinajstić information content (AvgIpc) is 2.74. The van der Waals surface area contributed by atoms with Gasteiger partial charge in [-0.25, -0.2) is 0 Å². The molecule has 0 aliphatic heterocycles. The number of hydrogen-bond donors (Lipinski definition) is 1. The second-order valence-electron chi connectivity index (χ2n) is 5.04. The Labute approximate surface area is 110 Å². The summed E-state index contributed by atoms with van der Waals surface area (Å²) in [7, 11) is 4.26. The van der Waals surface area contributed by atoms with Crippen molar-refractivity contribution in [2.24, 2.45) is 0 Å². The molecule has 1 rings (SSSR count). The van der Waals surface area contributed by atoms with Gasteiger partial charge in [-0.1, -0.05) is 6.92 Å². The van der Waals surface area contributed by atoms with Crippen LogP contribution in [0.3, 0.4) is 0 Å². The third kappa shape index (κ3) is 5.19. The standard InChI is InChI=1S/C14H26N2S/c1-6-13-7-8-14(17-13)12(3)15-11(2)9-10-16(4)5/h7-8,11-12,15H,6,9-10H2,1-5H3. The van der Waals surface area contributed by atoms with Crippen molar-refractivity contribution >= 4 is 11.3 Å². The first-order chi connectivity index (χ1) is 8.02. The Morgan fingerprint density at radius 3 is 2.53 bits per heavy atom. The van der Waals surface area contributed by atoms with Crippen LogP contribution >= 0.6 is 11.3 Å². The van der Waals surface area contributed by atoms with Gasteiger partial charge in [0.1, 0.15) is 0 Å². The maximum absolute atomic E-state index is 3.67. The zero-order valence-corrected chi connectivity index (χ0v) is 12.6. The summed E-state index contributed by atoms with van der Waals surface area (Å²) in [5.41, 5.74) is 0. The molecule has 0 aromatic carbocycles. The van der Waals surface area contributed by atoms with Crippen molar-refractivity contribution in [2.75, 3.05) is 20.6 Å². The summed E-state index contributed by atoms with van der Waals surface area (Å²) in [5, 5.41) is 3.67. The Bertz CT molecular complexity index is 320. The molecular formula is C14H26N2S. The quantitative estimate of drug-likeness (QED) is 0.803. The number of thiophene rings is 1. The second-order valence-corrected chi connectivity index (χ2v) is 6.24. The minimum absolute atomic E-state index is 0.470. The predicted octanol–water partition coefficient (Wildman–Crippen LogP) is 3.30. The minimum atomic E-state index is 0.470.